The molecule has 19 heteroatoms. The molecule has 0 spiro atoms. The van der Waals surface area contributed by atoms with Crippen LogP contribution in [0.2, 0.25) is 0 Å². The second-order valence-electron chi connectivity index (χ2n) is 22.7. The van der Waals surface area contributed by atoms with Crippen LogP contribution in [0.5, 0.6) is 0 Å². The van der Waals surface area contributed by atoms with Crippen molar-refractivity contribution >= 4 is 17.8 Å². The van der Waals surface area contributed by atoms with Crippen LogP contribution in [0, 0.1) is 29.1 Å². The number of cyclic esters (lactones) is 1. The minimum Gasteiger partial charge on any atom is -0.458 e. The van der Waals surface area contributed by atoms with Gasteiger partial charge in [0.05, 0.1) is 60.3 Å². The summed E-state index contributed by atoms with van der Waals surface area (Å²) in [4.78, 5) is 40.5. The monoisotopic (exact) mass is 1000 g/mol. The number of rotatable bonds is 17. The smallest absolute Gasteiger partial charge is 0.458 e. The Balaban J connectivity index is 1.60. The van der Waals surface area contributed by atoms with E-state index in [2.05, 4.69) is 23.6 Å². The molecule has 0 amide bonds. The average molecular weight is 1000 g/mol. The fraction of sp³-hybridized carbons (Fsp3) is 0.941. The Morgan fingerprint density at radius 3 is 2.09 bits per heavy atom. The second-order valence-corrected chi connectivity index (χ2v) is 22.7. The average Bonchev–Trinajstić information content (AvgIpc) is 3.60. The first-order chi connectivity index (χ1) is 32.6. The predicted molar refractivity (Wildman–Crippen MR) is 261 cm³/mol. The number of carbonyl (C=O) groups excluding carboxylic acids is 2. The highest BCUT2D eigenvalue weighted by Gasteiger charge is 2.61. The van der Waals surface area contributed by atoms with Gasteiger partial charge in [0.2, 0.25) is 0 Å². The maximum Gasteiger partial charge on any atom is 0.509 e. The van der Waals surface area contributed by atoms with Crippen molar-refractivity contribution in [3.05, 3.63) is 0 Å². The van der Waals surface area contributed by atoms with Gasteiger partial charge >= 0.3 is 12.1 Å². The third-order valence-electron chi connectivity index (χ3n) is 16.5. The minimum absolute atomic E-state index is 0.0267. The van der Waals surface area contributed by atoms with Gasteiger partial charge in [-0.3, -0.25) is 4.79 Å². The molecule has 0 aliphatic carbocycles. The van der Waals surface area contributed by atoms with Crippen LogP contribution >= 0.6 is 0 Å². The van der Waals surface area contributed by atoms with Crippen molar-refractivity contribution in [2.24, 2.45) is 34.2 Å². The molecule has 5 rings (SSSR count). The van der Waals surface area contributed by atoms with Crippen molar-refractivity contribution < 1.29 is 72.4 Å². The standard InChI is InChI=1S/C51H92N4O15/c1-18-37-50(13)43(69-46(58)70-50)32(6)39(52-63-29-47(10)27-62-28-47)30(4)24-48(11,59)42(68-45-40(56)36(53(14)15)23-31(5)64-45)33(7)41(34(8)44(57)66-37)67-38-25-49(12,61-17)51(60,35(9)65-38)26-54(16)21-22-55(19-2)20-3/h30-38,40-43,45,56,59-60H,18-29H2,1-17H3/b52-39+/t30-,31-,32+,33+,34-,35+,36+,37-,38+,40-,41+,42-,43-,45+,48+,49-,50-,51-/m1/s1. The molecule has 3 N–H and O–H groups in total. The van der Waals surface area contributed by atoms with Crippen molar-refractivity contribution in [1.82, 2.24) is 14.7 Å². The fourth-order valence-corrected chi connectivity index (χ4v) is 11.7. The Morgan fingerprint density at radius 1 is 0.857 bits per heavy atom. The van der Waals surface area contributed by atoms with Gasteiger partial charge in [0.25, 0.3) is 0 Å². The molecule has 0 unspecified atom stereocenters. The summed E-state index contributed by atoms with van der Waals surface area (Å²) in [6.45, 7) is 29.2. The highest BCUT2D eigenvalue weighted by Crippen LogP contribution is 2.45. The van der Waals surface area contributed by atoms with Gasteiger partial charge in [-0.2, -0.15) is 0 Å². The SMILES string of the molecule is CC[C@H]1OC(=O)[C@H](C)[C@@H](O[C@H]2C[C@@](C)(OC)[C@@](O)(CN(C)CCN(CC)CC)[C@H](C)O2)[C@H](C)[C@@H](O[C@@H]2O[C@H](C)C[C@H](N(C)C)[C@H]2O)[C@@](C)(O)C[C@@H](C)/C(=N\OCC2(C)COC2)[C@H](C)[C@H]2OC(=O)O[C@@]21C. The maximum atomic E-state index is 14.9. The number of nitrogens with zero attached hydrogens (tertiary/aromatic N) is 4. The zero-order valence-corrected chi connectivity index (χ0v) is 45.6. The lowest BCUT2D eigenvalue weighted by Crippen LogP contribution is -2.70. The molecule has 19 nitrogen and oxygen atoms in total. The van der Waals surface area contributed by atoms with Crippen LogP contribution in [-0.4, -0.2) is 212 Å². The largest absolute Gasteiger partial charge is 0.509 e. The van der Waals surface area contributed by atoms with Crippen molar-refractivity contribution in [2.75, 3.05) is 80.8 Å². The van der Waals surface area contributed by atoms with Gasteiger partial charge in [-0.1, -0.05) is 53.6 Å². The van der Waals surface area contributed by atoms with E-state index in [9.17, 15) is 24.9 Å². The summed E-state index contributed by atoms with van der Waals surface area (Å²) >= 11 is 0. The van der Waals surface area contributed by atoms with Crippen LogP contribution in [0.3, 0.4) is 0 Å². The predicted octanol–water partition coefficient (Wildman–Crippen LogP) is 4.45. The molecule has 0 bridgehead atoms. The van der Waals surface area contributed by atoms with E-state index in [0.717, 1.165) is 19.6 Å². The molecule has 5 heterocycles. The quantitative estimate of drug-likeness (QED) is 0.136. The molecule has 18 atom stereocenters. The summed E-state index contributed by atoms with van der Waals surface area (Å²) in [7, 11) is 7.30. The molecule has 0 saturated carbocycles. The summed E-state index contributed by atoms with van der Waals surface area (Å²) in [6.07, 6.45) is -8.73. The van der Waals surface area contributed by atoms with Gasteiger partial charge in [-0.25, -0.2) is 4.79 Å². The summed E-state index contributed by atoms with van der Waals surface area (Å²) in [5.41, 5.74) is -5.66. The zero-order chi connectivity index (χ0) is 52.3. The second kappa shape index (κ2) is 23.5. The van der Waals surface area contributed by atoms with Crippen LogP contribution in [0.15, 0.2) is 5.16 Å². The van der Waals surface area contributed by atoms with Crippen molar-refractivity contribution in [3.8, 4) is 0 Å². The topological polar surface area (TPSA) is 209 Å². The number of likely N-dealkylation sites (N-methyl/N-ethyl adjacent to an activating group) is 3. The number of ether oxygens (including phenoxy) is 9. The molecule has 0 radical (unpaired) electrons. The lowest BCUT2D eigenvalue weighted by atomic mass is 9.73. The molecule has 0 aromatic carbocycles. The Kier molecular flexibility index (Phi) is 19.7. The summed E-state index contributed by atoms with van der Waals surface area (Å²) < 4.78 is 57.0. The number of hydrogen-bond acceptors (Lipinski definition) is 19. The fourth-order valence-electron chi connectivity index (χ4n) is 11.7. The molecule has 5 fully saturated rings. The molecule has 5 saturated heterocycles. The van der Waals surface area contributed by atoms with Gasteiger partial charge < -0.3 is 77.5 Å². The van der Waals surface area contributed by atoms with Gasteiger partial charge in [0, 0.05) is 57.0 Å². The third kappa shape index (κ3) is 12.6. The summed E-state index contributed by atoms with van der Waals surface area (Å²) in [6, 6.07) is -0.331. The Labute approximate surface area is 418 Å². The number of carbonyl (C=O) groups is 2. The van der Waals surface area contributed by atoms with E-state index in [1.54, 1.807) is 34.8 Å². The van der Waals surface area contributed by atoms with Gasteiger partial charge in [0.15, 0.2) is 24.3 Å². The van der Waals surface area contributed by atoms with E-state index >= 15 is 0 Å². The molecule has 0 aromatic rings. The maximum absolute atomic E-state index is 14.9. The Morgan fingerprint density at radius 2 is 1.51 bits per heavy atom. The molecular formula is C51H92N4O15. The number of methoxy groups -OCH3 is 1. The summed E-state index contributed by atoms with van der Waals surface area (Å²) in [5.74, 6) is -3.77. The van der Waals surface area contributed by atoms with E-state index in [4.69, 9.17) is 52.6 Å². The van der Waals surface area contributed by atoms with Crippen molar-refractivity contribution in [2.45, 2.75) is 199 Å². The van der Waals surface area contributed by atoms with E-state index in [1.165, 1.54) is 0 Å². The first-order valence-corrected chi connectivity index (χ1v) is 25.9. The van der Waals surface area contributed by atoms with E-state index in [-0.39, 0.29) is 50.0 Å². The minimum atomic E-state index is -1.75. The molecular weight excluding hydrogens is 909 g/mol. The van der Waals surface area contributed by atoms with Crippen LogP contribution in [0.4, 0.5) is 4.79 Å². The van der Waals surface area contributed by atoms with E-state index in [0.29, 0.717) is 31.9 Å². The molecule has 406 valence electrons. The van der Waals surface area contributed by atoms with Crippen molar-refractivity contribution in [1.29, 1.82) is 0 Å². The van der Waals surface area contributed by atoms with Crippen molar-refractivity contribution in [3.63, 3.8) is 0 Å². The van der Waals surface area contributed by atoms with Crippen LogP contribution in [0.1, 0.15) is 116 Å². The number of oxime groups is 1. The third-order valence-corrected chi connectivity index (χ3v) is 16.5. The molecule has 5 aliphatic heterocycles. The number of hydrogen-bond donors (Lipinski definition) is 3. The number of aliphatic hydroxyl groups is 3. The van der Waals surface area contributed by atoms with E-state index in [1.807, 2.05) is 74.5 Å². The number of fused-ring (bicyclic) bond motifs is 1. The van der Waals surface area contributed by atoms with Crippen LogP contribution < -0.4 is 0 Å². The molecule has 5 aliphatic rings. The first kappa shape index (κ1) is 58.6. The zero-order valence-electron chi connectivity index (χ0n) is 45.6. The van der Waals surface area contributed by atoms with Gasteiger partial charge in [0.1, 0.15) is 30.0 Å². The lowest BCUT2D eigenvalue weighted by Gasteiger charge is -2.54. The number of aliphatic hydroxyl groups excluding tert-OH is 1. The van der Waals surface area contributed by atoms with Gasteiger partial charge in [-0.15, -0.1) is 0 Å². The Bertz CT molecular complexity index is 1750. The normalized spacial score (nSPS) is 43.6. The Hall–Kier alpha value is -2.27. The molecule has 70 heavy (non-hydrogen) atoms. The first-order valence-electron chi connectivity index (χ1n) is 25.9. The van der Waals surface area contributed by atoms with Crippen LogP contribution in [-0.2, 0) is 52.3 Å². The molecule has 0 aromatic heterocycles. The van der Waals surface area contributed by atoms with Gasteiger partial charge in [-0.05, 0) is 95.0 Å². The van der Waals surface area contributed by atoms with Crippen LogP contribution in [0.25, 0.3) is 0 Å². The highest BCUT2D eigenvalue weighted by molar-refractivity contribution is 5.89. The highest BCUT2D eigenvalue weighted by atomic mass is 16.8. The summed E-state index contributed by atoms with van der Waals surface area (Å²) in [5, 5.41) is 42.4. The number of esters is 1. The van der Waals surface area contributed by atoms with E-state index < -0.39 is 107 Å². The lowest BCUT2D eigenvalue weighted by molar-refractivity contribution is -0.339.